The zero-order valence-electron chi connectivity index (χ0n) is 11.0. The molecule has 0 aliphatic carbocycles. The van der Waals surface area contributed by atoms with E-state index in [4.69, 9.17) is 21.1 Å². The molecule has 1 N–H and O–H groups in total. The molecule has 0 bridgehead atoms. The molecule has 1 heterocycles. The van der Waals surface area contributed by atoms with Crippen LogP contribution < -0.4 is 14.9 Å². The minimum absolute atomic E-state index is 0.331. The summed E-state index contributed by atoms with van der Waals surface area (Å²) in [5, 5.41) is 11.9. The molecule has 7 heteroatoms. The van der Waals surface area contributed by atoms with Gasteiger partial charge in [-0.15, -0.1) is 10.2 Å². The lowest BCUT2D eigenvalue weighted by atomic mass is 10.2. The fourth-order valence-electron chi connectivity index (χ4n) is 1.45. The molecule has 1 aromatic heterocycles. The van der Waals surface area contributed by atoms with E-state index in [0.717, 1.165) is 5.56 Å². The molecule has 6 nitrogen and oxygen atoms in total. The molecule has 104 valence electrons. The molecule has 0 atom stereocenters. The molecular weight excluding hydrogens is 280 g/mol. The second-order valence-corrected chi connectivity index (χ2v) is 4.14. The number of hydrogen-bond donors (Lipinski definition) is 1. The highest BCUT2D eigenvalue weighted by molar-refractivity contribution is 6.29. The van der Waals surface area contributed by atoms with Crippen LogP contribution in [0.5, 0.6) is 11.5 Å². The Hall–Kier alpha value is -2.34. The molecule has 1 aromatic carbocycles. The monoisotopic (exact) mass is 292 g/mol. The molecular formula is C13H13ClN4O2. The van der Waals surface area contributed by atoms with E-state index >= 15 is 0 Å². The molecule has 0 saturated heterocycles. The normalized spacial score (nSPS) is 10.6. The second-order valence-electron chi connectivity index (χ2n) is 3.76. The molecule has 0 radical (unpaired) electrons. The third kappa shape index (κ3) is 3.83. The summed E-state index contributed by atoms with van der Waals surface area (Å²) in [6.45, 7) is 0. The number of halogens is 1. The maximum absolute atomic E-state index is 5.64. The van der Waals surface area contributed by atoms with E-state index in [0.29, 0.717) is 22.5 Å². The van der Waals surface area contributed by atoms with Gasteiger partial charge >= 0.3 is 0 Å². The zero-order valence-corrected chi connectivity index (χ0v) is 11.8. The van der Waals surface area contributed by atoms with Crippen molar-refractivity contribution in [2.24, 2.45) is 5.10 Å². The van der Waals surface area contributed by atoms with Gasteiger partial charge in [0.15, 0.2) is 11.0 Å². The third-order valence-corrected chi connectivity index (χ3v) is 2.60. The summed E-state index contributed by atoms with van der Waals surface area (Å²) in [7, 11) is 3.19. The van der Waals surface area contributed by atoms with Crippen LogP contribution in [0.25, 0.3) is 0 Å². The van der Waals surface area contributed by atoms with Crippen LogP contribution in [-0.4, -0.2) is 30.6 Å². The number of hydrogen-bond acceptors (Lipinski definition) is 6. The minimum atomic E-state index is 0.331. The average Bonchev–Trinajstić information content (AvgIpc) is 2.49. The summed E-state index contributed by atoms with van der Waals surface area (Å²) in [6.07, 6.45) is 1.63. The van der Waals surface area contributed by atoms with E-state index in [1.807, 2.05) is 12.1 Å². The Kier molecular flexibility index (Phi) is 4.73. The van der Waals surface area contributed by atoms with Crippen LogP contribution in [0.4, 0.5) is 5.82 Å². The van der Waals surface area contributed by atoms with Crippen molar-refractivity contribution in [3.8, 4) is 11.5 Å². The quantitative estimate of drug-likeness (QED) is 0.677. The van der Waals surface area contributed by atoms with Crippen LogP contribution in [0, 0.1) is 0 Å². The van der Waals surface area contributed by atoms with Gasteiger partial charge < -0.3 is 9.47 Å². The largest absolute Gasteiger partial charge is 0.497 e. The summed E-state index contributed by atoms with van der Waals surface area (Å²) in [4.78, 5) is 0. The molecule has 0 aliphatic rings. The second kappa shape index (κ2) is 6.72. The maximum atomic E-state index is 5.64. The number of methoxy groups -OCH3 is 2. The van der Waals surface area contributed by atoms with Crippen molar-refractivity contribution in [3.05, 3.63) is 41.0 Å². The van der Waals surface area contributed by atoms with Crippen LogP contribution in [0.15, 0.2) is 35.4 Å². The van der Waals surface area contributed by atoms with Gasteiger partial charge in [0, 0.05) is 11.6 Å². The minimum Gasteiger partial charge on any atom is -0.497 e. The van der Waals surface area contributed by atoms with E-state index in [1.165, 1.54) is 0 Å². The van der Waals surface area contributed by atoms with Gasteiger partial charge in [-0.25, -0.2) is 0 Å². The van der Waals surface area contributed by atoms with Gasteiger partial charge in [-0.3, -0.25) is 5.43 Å². The van der Waals surface area contributed by atoms with Crippen molar-refractivity contribution in [3.63, 3.8) is 0 Å². The van der Waals surface area contributed by atoms with Crippen LogP contribution in [0.3, 0.4) is 0 Å². The van der Waals surface area contributed by atoms with Crippen molar-refractivity contribution in [1.29, 1.82) is 0 Å². The van der Waals surface area contributed by atoms with Gasteiger partial charge in [0.1, 0.15) is 11.5 Å². The summed E-state index contributed by atoms with van der Waals surface area (Å²) >= 11 is 5.64. The van der Waals surface area contributed by atoms with Crippen molar-refractivity contribution in [1.82, 2.24) is 10.2 Å². The van der Waals surface area contributed by atoms with Crippen molar-refractivity contribution in [2.45, 2.75) is 0 Å². The maximum Gasteiger partial charge on any atom is 0.168 e. The lowest BCUT2D eigenvalue weighted by Gasteiger charge is -2.05. The van der Waals surface area contributed by atoms with Crippen molar-refractivity contribution >= 4 is 23.6 Å². The smallest absolute Gasteiger partial charge is 0.168 e. The molecule has 0 unspecified atom stereocenters. The molecule has 0 fully saturated rings. The number of anilines is 1. The first-order chi connectivity index (χ1) is 9.71. The molecule has 20 heavy (non-hydrogen) atoms. The lowest BCUT2D eigenvalue weighted by Crippen LogP contribution is -1.96. The van der Waals surface area contributed by atoms with E-state index < -0.39 is 0 Å². The summed E-state index contributed by atoms with van der Waals surface area (Å²) in [5.41, 5.74) is 3.58. The molecule has 0 aliphatic heterocycles. The molecule has 0 spiro atoms. The number of nitrogens with zero attached hydrogens (tertiary/aromatic N) is 3. The first-order valence-electron chi connectivity index (χ1n) is 5.72. The Morgan fingerprint density at radius 3 is 2.35 bits per heavy atom. The van der Waals surface area contributed by atoms with Gasteiger partial charge in [-0.2, -0.15) is 5.10 Å². The van der Waals surface area contributed by atoms with Gasteiger partial charge in [0.2, 0.25) is 0 Å². The average molecular weight is 293 g/mol. The van der Waals surface area contributed by atoms with E-state index in [9.17, 15) is 0 Å². The highest BCUT2D eigenvalue weighted by atomic mass is 35.5. The SMILES string of the molecule is COc1cc(/C=N/Nc2ccc(Cl)nn2)cc(OC)c1. The van der Waals surface area contributed by atoms with E-state index in [-0.39, 0.29) is 0 Å². The van der Waals surface area contributed by atoms with Crippen LogP contribution >= 0.6 is 11.6 Å². The molecule has 0 amide bonds. The summed E-state index contributed by atoms with van der Waals surface area (Å²) in [5.74, 6) is 1.88. The highest BCUT2D eigenvalue weighted by Crippen LogP contribution is 2.21. The summed E-state index contributed by atoms with van der Waals surface area (Å²) in [6, 6.07) is 8.76. The number of ether oxygens (including phenoxy) is 2. The Morgan fingerprint density at radius 2 is 1.80 bits per heavy atom. The van der Waals surface area contributed by atoms with Gasteiger partial charge in [0.05, 0.1) is 20.4 Å². The van der Waals surface area contributed by atoms with Gasteiger partial charge in [-0.1, -0.05) is 11.6 Å². The van der Waals surface area contributed by atoms with Crippen molar-refractivity contribution in [2.75, 3.05) is 19.6 Å². The van der Waals surface area contributed by atoms with E-state index in [1.54, 1.807) is 38.6 Å². The zero-order chi connectivity index (χ0) is 14.4. The first kappa shape index (κ1) is 14.1. The molecule has 2 aromatic rings. The Balaban J connectivity index is 2.08. The number of rotatable bonds is 5. The van der Waals surface area contributed by atoms with Gasteiger partial charge in [-0.05, 0) is 24.3 Å². The molecule has 2 rings (SSSR count). The topological polar surface area (TPSA) is 68.6 Å². The first-order valence-corrected chi connectivity index (χ1v) is 6.10. The third-order valence-electron chi connectivity index (χ3n) is 2.40. The van der Waals surface area contributed by atoms with Crippen LogP contribution in [-0.2, 0) is 0 Å². The Labute approximate surface area is 121 Å². The van der Waals surface area contributed by atoms with Crippen molar-refractivity contribution < 1.29 is 9.47 Å². The Bertz CT molecular complexity index is 580. The predicted molar refractivity (Wildman–Crippen MR) is 77.8 cm³/mol. The predicted octanol–water partition coefficient (Wildman–Crippen LogP) is 2.59. The standard InChI is InChI=1S/C13H13ClN4O2/c1-19-10-5-9(6-11(7-10)20-2)8-15-17-13-4-3-12(14)16-18-13/h3-8H,1-2H3,(H,17,18)/b15-8+. The molecule has 0 saturated carbocycles. The number of hydrazone groups is 1. The van der Waals surface area contributed by atoms with Gasteiger partial charge in [0.25, 0.3) is 0 Å². The number of nitrogens with one attached hydrogen (secondary N) is 1. The fourth-order valence-corrected chi connectivity index (χ4v) is 1.55. The fraction of sp³-hybridized carbons (Fsp3) is 0.154. The Morgan fingerprint density at radius 1 is 1.10 bits per heavy atom. The lowest BCUT2D eigenvalue weighted by molar-refractivity contribution is 0.394. The van der Waals surface area contributed by atoms with Crippen LogP contribution in [0.1, 0.15) is 5.56 Å². The van der Waals surface area contributed by atoms with Crippen LogP contribution in [0.2, 0.25) is 5.15 Å². The summed E-state index contributed by atoms with van der Waals surface area (Å²) < 4.78 is 10.4. The number of aromatic nitrogens is 2. The number of benzene rings is 1. The van der Waals surface area contributed by atoms with E-state index in [2.05, 4.69) is 20.7 Å². The highest BCUT2D eigenvalue weighted by Gasteiger charge is 2.00.